The van der Waals surface area contributed by atoms with Crippen LogP contribution < -0.4 is 37.2 Å². The van der Waals surface area contributed by atoms with E-state index < -0.39 is 180 Å². The van der Waals surface area contributed by atoms with Gasteiger partial charge in [0.05, 0.1) is 70.9 Å². The summed E-state index contributed by atoms with van der Waals surface area (Å²) < 4.78 is 22.6. The summed E-state index contributed by atoms with van der Waals surface area (Å²) in [6, 6.07) is 62.7. The molecule has 3 heterocycles. The van der Waals surface area contributed by atoms with E-state index in [0.29, 0.717) is 5.56 Å². The predicted molar refractivity (Wildman–Crippen MR) is 465 cm³/mol. The lowest BCUT2D eigenvalue weighted by atomic mass is 9.90. The number of hydrogen-bond acceptors (Lipinski definition) is 22. The van der Waals surface area contributed by atoms with Gasteiger partial charge >= 0.3 is 23.9 Å². The van der Waals surface area contributed by atoms with Crippen molar-refractivity contribution < 1.29 is 107 Å². The largest absolute Gasteiger partial charge is 0.507 e. The van der Waals surface area contributed by atoms with Crippen LogP contribution in [-0.2, 0) is 101 Å². The van der Waals surface area contributed by atoms with Gasteiger partial charge in [-0.05, 0) is 117 Å². The van der Waals surface area contributed by atoms with Crippen molar-refractivity contribution in [1.29, 1.82) is 0 Å². The van der Waals surface area contributed by atoms with Gasteiger partial charge in [-0.25, -0.2) is 14.4 Å². The molecule has 666 valence electrons. The molecule has 8 amide bonds. The van der Waals surface area contributed by atoms with E-state index in [4.69, 9.17) is 18.9 Å². The maximum atomic E-state index is 13.8. The average molecular weight is 1740 g/mol. The van der Waals surface area contributed by atoms with E-state index in [2.05, 4.69) is 37.2 Å². The summed E-state index contributed by atoms with van der Waals surface area (Å²) in [7, 11) is 1.49. The van der Waals surface area contributed by atoms with Gasteiger partial charge in [-0.3, -0.25) is 43.2 Å². The number of benzene rings is 9. The second-order valence-corrected chi connectivity index (χ2v) is 31.6. The molecule has 3 saturated heterocycles. The van der Waals surface area contributed by atoms with Crippen molar-refractivity contribution in [3.05, 3.63) is 305 Å². The SMILES string of the molecule is C[C@H]1OC(=O)C(Cc2ccccc2)N(C)C(=O)[C@H](C)[C@H](O)[C@H](Cc2ccccc2)NC(=O)[C@H]1NC(=O)c1ccccc1O.C[C@H]1OC(=O)C(Cc2ccccc2)NC(=O)[C@H](C)[C@H](O)[C@H](Cc2ccccc2)NC(=O)[C@H]1NC(=O)c1ccccc1O.C[C@H]1OC(=O)C(Cc2ccccc2)OC(=O)[C@H](C)[C@H](O)[C@H](Cc2ccccc2)NC(=O)[C@H]1NC(=O)c1ccccc1O. The predicted octanol–water partition coefficient (Wildman–Crippen LogP) is 6.43. The van der Waals surface area contributed by atoms with Crippen LogP contribution in [0.5, 0.6) is 17.2 Å². The molecule has 9 aromatic rings. The van der Waals surface area contributed by atoms with Gasteiger partial charge in [0.25, 0.3) is 17.7 Å². The summed E-state index contributed by atoms with van der Waals surface area (Å²) in [6.07, 6.45) is -8.28. The molecule has 30 heteroatoms. The highest BCUT2D eigenvalue weighted by molar-refractivity contribution is 6.02. The fraction of sp³-hybridized carbons (Fsp3) is 0.320. The zero-order chi connectivity index (χ0) is 91.5. The van der Waals surface area contributed by atoms with E-state index in [0.717, 1.165) is 27.8 Å². The minimum Gasteiger partial charge on any atom is -0.507 e. The summed E-state index contributed by atoms with van der Waals surface area (Å²) in [5, 5.41) is 83.4. The van der Waals surface area contributed by atoms with Crippen LogP contribution in [0.3, 0.4) is 0 Å². The van der Waals surface area contributed by atoms with Crippen LogP contribution in [0.2, 0.25) is 0 Å². The molecule has 0 spiro atoms. The lowest BCUT2D eigenvalue weighted by molar-refractivity contribution is -0.177. The van der Waals surface area contributed by atoms with Crippen LogP contribution in [0.25, 0.3) is 0 Å². The summed E-state index contributed by atoms with van der Waals surface area (Å²) >= 11 is 0. The number of para-hydroxylation sites is 3. The molecular weight excluding hydrogens is 1630 g/mol. The molecule has 0 saturated carbocycles. The van der Waals surface area contributed by atoms with E-state index in [1.807, 2.05) is 127 Å². The van der Waals surface area contributed by atoms with E-state index in [1.165, 1.54) is 83.0 Å². The second-order valence-electron chi connectivity index (χ2n) is 31.6. The highest BCUT2D eigenvalue weighted by atomic mass is 16.6. The molecule has 13 N–H and O–H groups in total. The Morgan fingerprint density at radius 1 is 0.315 bits per heavy atom. The Bertz CT molecular complexity index is 5040. The Morgan fingerprint density at radius 2 is 0.598 bits per heavy atom. The first-order chi connectivity index (χ1) is 60.8. The third kappa shape index (κ3) is 26.3. The number of phenolic OH excluding ortho intramolecular Hbond substituents is 3. The maximum absolute atomic E-state index is 13.8. The second kappa shape index (κ2) is 45.5. The van der Waals surface area contributed by atoms with Crippen LogP contribution in [0, 0.1) is 17.8 Å². The first-order valence-corrected chi connectivity index (χ1v) is 41.7. The molecule has 30 nitrogen and oxygen atoms in total. The van der Waals surface area contributed by atoms with Gasteiger partial charge in [-0.15, -0.1) is 0 Å². The van der Waals surface area contributed by atoms with Crippen molar-refractivity contribution in [2.45, 2.75) is 171 Å². The number of amides is 8. The number of phenols is 3. The smallest absolute Gasteiger partial charge is 0.348 e. The summed E-state index contributed by atoms with van der Waals surface area (Å²) in [6.45, 7) is 8.85. The zero-order valence-corrected chi connectivity index (χ0v) is 71.0. The molecule has 3 aliphatic heterocycles. The van der Waals surface area contributed by atoms with Gasteiger partial charge in [0, 0.05) is 26.3 Å². The quantitative estimate of drug-likeness (QED) is 0.0325. The van der Waals surface area contributed by atoms with Crippen LogP contribution in [0.15, 0.2) is 255 Å². The monoisotopic (exact) mass is 1730 g/mol. The van der Waals surface area contributed by atoms with Gasteiger partial charge in [-0.2, -0.15) is 0 Å². The molecular formula is C97H106N8O22. The number of carbonyl (C=O) groups is 12. The number of nitrogens with one attached hydrogen (secondary N) is 7. The minimum absolute atomic E-state index is 0.00446. The topological polar surface area (TPSA) is 451 Å². The Hall–Kier alpha value is -14.1. The van der Waals surface area contributed by atoms with Crippen molar-refractivity contribution in [3.63, 3.8) is 0 Å². The van der Waals surface area contributed by atoms with Crippen LogP contribution in [0.1, 0.15) is 106 Å². The zero-order valence-electron chi connectivity index (χ0n) is 71.0. The molecule has 0 radical (unpaired) electrons. The highest BCUT2D eigenvalue weighted by Gasteiger charge is 2.45. The number of rotatable bonds is 18. The van der Waals surface area contributed by atoms with Gasteiger partial charge < -0.3 is 91.7 Å². The number of aliphatic hydroxyl groups is 3. The van der Waals surface area contributed by atoms with Gasteiger partial charge in [-0.1, -0.05) is 232 Å². The number of likely N-dealkylation sites (N-methyl/N-ethyl adjacent to an activating group) is 1. The van der Waals surface area contributed by atoms with E-state index in [-0.39, 0.29) is 72.5 Å². The van der Waals surface area contributed by atoms with Crippen molar-refractivity contribution in [2.75, 3.05) is 7.05 Å². The average Bonchev–Trinajstić information content (AvgIpc) is 0.806. The molecule has 0 bridgehead atoms. The van der Waals surface area contributed by atoms with Gasteiger partial charge in [0.2, 0.25) is 35.6 Å². The highest BCUT2D eigenvalue weighted by Crippen LogP contribution is 2.27. The third-order valence-corrected chi connectivity index (χ3v) is 22.3. The molecule has 127 heavy (non-hydrogen) atoms. The molecule has 3 unspecified atom stereocenters. The number of aliphatic hydroxyl groups excluding tert-OH is 3. The van der Waals surface area contributed by atoms with Crippen molar-refractivity contribution in [2.24, 2.45) is 17.8 Å². The molecule has 12 rings (SSSR count). The number of esters is 4. The fourth-order valence-electron chi connectivity index (χ4n) is 14.8. The molecule has 0 aliphatic carbocycles. The van der Waals surface area contributed by atoms with Crippen LogP contribution >= 0.6 is 0 Å². The molecule has 0 aromatic heterocycles. The number of cyclic esters (lactones) is 4. The Kier molecular flexibility index (Phi) is 34.1. The Balaban J connectivity index is 0.000000199. The number of nitrogens with zero attached hydrogens (tertiary/aromatic N) is 1. The number of hydrogen-bond donors (Lipinski definition) is 13. The first kappa shape index (κ1) is 95.1. The molecule has 3 aliphatic rings. The van der Waals surface area contributed by atoms with Gasteiger partial charge in [0.1, 0.15) is 65.8 Å². The van der Waals surface area contributed by atoms with Gasteiger partial charge in [0.15, 0.2) is 0 Å². The Morgan fingerprint density at radius 3 is 0.945 bits per heavy atom. The van der Waals surface area contributed by atoms with Crippen molar-refractivity contribution in [1.82, 2.24) is 42.1 Å². The number of aromatic hydroxyl groups is 3. The van der Waals surface area contributed by atoms with Crippen molar-refractivity contribution >= 4 is 71.1 Å². The van der Waals surface area contributed by atoms with E-state index >= 15 is 0 Å². The lowest BCUT2D eigenvalue weighted by Gasteiger charge is -2.36. The van der Waals surface area contributed by atoms with E-state index in [1.54, 1.807) is 97.9 Å². The standard InChI is InChI=1S/C33H37N3O7.C32H35N3O7.C32H34N2O8/c1-20-29(38)25(18-22-12-6-4-7-13-22)34-31(40)28(35-30(39)24-16-10-11-17-27(24)37)21(2)43-33(42)26(36(3)32(20)41)19-23-14-8-5-9-15-23;1-19-28(37)24(17-21-11-5-3-6-12-21)33-31(40)27(35-30(39)23-15-9-10-16-26(23)36)20(2)42-32(41)25(34-29(19)38)18-22-13-7-4-8-14-22;1-19-28(36)24(17-21-11-5-3-6-12-21)33-30(38)27(34-29(37)23-15-9-10-16-25(23)35)20(2)41-32(40)26(42-31(19)39)18-22-13-7-4-8-14-22/h4-17,20-21,25-26,28-29,37-38H,18-19H2,1-3H3,(H,34,40)(H,35,39);3-16,19-20,24-25,27-28,36-37H,17-18H2,1-2H3,(H,33,40)(H,34,38)(H,35,39);3-16,19-20,24,26-28,35-36H,17-18H2,1-2H3,(H,33,38)(H,34,37)/t20-,21-,25+,26?,28+,29+;19-,20-,24+,25?,27+,28+;19-,20-,24+,26?,27+,28+/m111/s1. The summed E-state index contributed by atoms with van der Waals surface area (Å²) in [5.74, 6) is -12.9. The summed E-state index contributed by atoms with van der Waals surface area (Å²) in [5.41, 5.74) is 4.41. The van der Waals surface area contributed by atoms with Crippen LogP contribution in [-0.4, -0.2) is 205 Å². The normalized spacial score (nSPS) is 25.1. The summed E-state index contributed by atoms with van der Waals surface area (Å²) in [4.78, 5) is 162. The molecule has 9 aromatic carbocycles. The number of ether oxygens (including phenoxy) is 4. The first-order valence-electron chi connectivity index (χ1n) is 41.7. The Labute approximate surface area is 734 Å². The van der Waals surface area contributed by atoms with E-state index in [9.17, 15) is 88.2 Å². The fourth-order valence-corrected chi connectivity index (χ4v) is 14.8. The lowest BCUT2D eigenvalue weighted by Crippen LogP contribution is -2.61. The minimum atomic E-state index is -1.42. The van der Waals surface area contributed by atoms with Crippen molar-refractivity contribution in [3.8, 4) is 17.2 Å². The maximum Gasteiger partial charge on any atom is 0.348 e. The molecule has 18 atom stereocenters. The van der Waals surface area contributed by atoms with Crippen LogP contribution in [0.4, 0.5) is 0 Å². The third-order valence-electron chi connectivity index (χ3n) is 22.3. The number of carbonyl (C=O) groups excluding carboxylic acids is 12. The molecule has 3 fully saturated rings.